The van der Waals surface area contributed by atoms with Crippen molar-refractivity contribution < 1.29 is 14.1 Å². The molecule has 0 aliphatic carbocycles. The molecule has 116 valence electrons. The fourth-order valence-corrected chi connectivity index (χ4v) is 2.52. The molecule has 2 aromatic heterocycles. The van der Waals surface area contributed by atoms with Crippen molar-refractivity contribution in [1.82, 2.24) is 15.1 Å². The summed E-state index contributed by atoms with van der Waals surface area (Å²) in [6, 6.07) is 10.8. The number of esters is 1. The molecule has 23 heavy (non-hydrogen) atoms. The maximum atomic E-state index is 12.2. The lowest BCUT2D eigenvalue weighted by Gasteiger charge is -2.09. The summed E-state index contributed by atoms with van der Waals surface area (Å²) in [5, 5.41) is 3.89. The van der Waals surface area contributed by atoms with Gasteiger partial charge < -0.3 is 9.26 Å². The van der Waals surface area contributed by atoms with E-state index in [0.717, 1.165) is 9.13 Å². The molecule has 0 saturated heterocycles. The average molecular weight is 421 g/mol. The molecule has 3 aromatic rings. The minimum atomic E-state index is -0.642. The predicted octanol–water partition coefficient (Wildman–Crippen LogP) is 3.65. The molecule has 0 fully saturated rings. The molecule has 1 unspecified atom stereocenters. The maximum absolute atomic E-state index is 12.2. The molecule has 0 saturated carbocycles. The second-order valence-corrected chi connectivity index (χ2v) is 5.89. The van der Waals surface area contributed by atoms with Crippen molar-refractivity contribution in [3.8, 4) is 11.4 Å². The van der Waals surface area contributed by atoms with Crippen molar-refractivity contribution in [1.29, 1.82) is 0 Å². The van der Waals surface area contributed by atoms with E-state index in [9.17, 15) is 4.79 Å². The summed E-state index contributed by atoms with van der Waals surface area (Å²) in [7, 11) is 0. The molecule has 7 heteroatoms. The zero-order chi connectivity index (χ0) is 16.2. The van der Waals surface area contributed by atoms with Crippen LogP contribution in [0.5, 0.6) is 0 Å². The van der Waals surface area contributed by atoms with Gasteiger partial charge in [0.15, 0.2) is 6.10 Å². The topological polar surface area (TPSA) is 78.1 Å². The zero-order valence-corrected chi connectivity index (χ0v) is 14.3. The number of aromatic nitrogens is 3. The van der Waals surface area contributed by atoms with Gasteiger partial charge >= 0.3 is 5.97 Å². The molecule has 1 atom stereocenters. The molecule has 1 aromatic carbocycles. The first-order valence-corrected chi connectivity index (χ1v) is 7.92. The first-order valence-electron chi connectivity index (χ1n) is 6.84. The van der Waals surface area contributed by atoms with Gasteiger partial charge in [0, 0.05) is 21.5 Å². The highest BCUT2D eigenvalue weighted by molar-refractivity contribution is 14.1. The van der Waals surface area contributed by atoms with Crippen LogP contribution in [0.2, 0.25) is 0 Å². The molecule has 0 amide bonds. The fourth-order valence-electron chi connectivity index (χ4n) is 1.91. The number of nitrogens with zero attached hydrogens (tertiary/aromatic N) is 3. The molecule has 0 spiro atoms. The minimum Gasteiger partial charge on any atom is -0.449 e. The third-order valence-corrected chi connectivity index (χ3v) is 4.03. The van der Waals surface area contributed by atoms with Crippen LogP contribution in [0.4, 0.5) is 0 Å². The molecule has 0 aliphatic rings. The Hall–Kier alpha value is -2.29. The van der Waals surface area contributed by atoms with Crippen LogP contribution in [0.25, 0.3) is 11.4 Å². The molecule has 3 rings (SSSR count). The number of hydrogen-bond acceptors (Lipinski definition) is 6. The second-order valence-electron chi connectivity index (χ2n) is 4.73. The standard InChI is InChI=1S/C16H12IN3O3/c1-10(22-16(21)12-6-2-3-7-13(12)17)15-19-14(20-23-15)11-5-4-8-18-9-11/h2-10H,1H3. The minimum absolute atomic E-state index is 0.239. The van der Waals surface area contributed by atoms with Gasteiger partial charge in [-0.05, 0) is 53.8 Å². The van der Waals surface area contributed by atoms with Crippen molar-refractivity contribution in [2.24, 2.45) is 0 Å². The Bertz CT molecular complexity index is 820. The number of carbonyl (C=O) groups excluding carboxylic acids is 1. The number of carbonyl (C=O) groups is 1. The van der Waals surface area contributed by atoms with Crippen LogP contribution in [-0.4, -0.2) is 21.1 Å². The van der Waals surface area contributed by atoms with E-state index in [1.54, 1.807) is 37.5 Å². The van der Waals surface area contributed by atoms with E-state index < -0.39 is 12.1 Å². The van der Waals surface area contributed by atoms with Crippen LogP contribution < -0.4 is 0 Å². The average Bonchev–Trinajstić information content (AvgIpc) is 3.06. The van der Waals surface area contributed by atoms with Crippen LogP contribution in [-0.2, 0) is 4.74 Å². The molecule has 0 N–H and O–H groups in total. The molecular formula is C16H12IN3O3. The Morgan fingerprint density at radius 3 is 2.83 bits per heavy atom. The Kier molecular flexibility index (Phi) is 4.65. The Morgan fingerprint density at radius 2 is 2.09 bits per heavy atom. The van der Waals surface area contributed by atoms with E-state index in [0.29, 0.717) is 11.4 Å². The fraction of sp³-hybridized carbons (Fsp3) is 0.125. The summed E-state index contributed by atoms with van der Waals surface area (Å²) in [6.45, 7) is 1.69. The van der Waals surface area contributed by atoms with E-state index >= 15 is 0 Å². The smallest absolute Gasteiger partial charge is 0.339 e. The Labute approximate surface area is 146 Å². The van der Waals surface area contributed by atoms with Gasteiger partial charge in [-0.25, -0.2) is 4.79 Å². The predicted molar refractivity (Wildman–Crippen MR) is 90.5 cm³/mol. The Morgan fingerprint density at radius 1 is 1.26 bits per heavy atom. The molecule has 0 bridgehead atoms. The lowest BCUT2D eigenvalue weighted by molar-refractivity contribution is 0.0264. The maximum Gasteiger partial charge on any atom is 0.339 e. The summed E-state index contributed by atoms with van der Waals surface area (Å²) in [6.07, 6.45) is 2.66. The third-order valence-electron chi connectivity index (χ3n) is 3.09. The number of halogens is 1. The van der Waals surface area contributed by atoms with Gasteiger partial charge in [0.05, 0.1) is 5.56 Å². The largest absolute Gasteiger partial charge is 0.449 e. The summed E-state index contributed by atoms with van der Waals surface area (Å²) in [5.74, 6) is 0.220. The van der Waals surface area contributed by atoms with Crippen LogP contribution in [0, 0.1) is 3.57 Å². The molecule has 2 heterocycles. The lowest BCUT2D eigenvalue weighted by atomic mass is 10.2. The molecular weight excluding hydrogens is 409 g/mol. The number of ether oxygens (including phenoxy) is 1. The van der Waals surface area contributed by atoms with E-state index in [1.165, 1.54) is 0 Å². The number of benzene rings is 1. The van der Waals surface area contributed by atoms with Crippen molar-refractivity contribution in [2.75, 3.05) is 0 Å². The van der Waals surface area contributed by atoms with Gasteiger partial charge in [0.2, 0.25) is 5.82 Å². The Balaban J connectivity index is 1.74. The summed E-state index contributed by atoms with van der Waals surface area (Å²) in [4.78, 5) is 20.5. The summed E-state index contributed by atoms with van der Waals surface area (Å²) in [5.41, 5.74) is 1.24. The normalized spacial score (nSPS) is 11.9. The van der Waals surface area contributed by atoms with Crippen molar-refractivity contribution in [3.05, 3.63) is 63.8 Å². The van der Waals surface area contributed by atoms with E-state index in [1.807, 2.05) is 18.2 Å². The van der Waals surface area contributed by atoms with Gasteiger partial charge in [-0.1, -0.05) is 17.3 Å². The van der Waals surface area contributed by atoms with E-state index in [4.69, 9.17) is 9.26 Å². The van der Waals surface area contributed by atoms with Gasteiger partial charge in [0.25, 0.3) is 5.89 Å². The van der Waals surface area contributed by atoms with Gasteiger partial charge in [-0.2, -0.15) is 4.98 Å². The lowest BCUT2D eigenvalue weighted by Crippen LogP contribution is -2.10. The van der Waals surface area contributed by atoms with Crippen LogP contribution >= 0.6 is 22.6 Å². The van der Waals surface area contributed by atoms with Crippen molar-refractivity contribution in [2.45, 2.75) is 13.0 Å². The monoisotopic (exact) mass is 421 g/mol. The van der Waals surface area contributed by atoms with Crippen LogP contribution in [0.15, 0.2) is 53.3 Å². The molecule has 6 nitrogen and oxygen atoms in total. The summed E-state index contributed by atoms with van der Waals surface area (Å²) < 4.78 is 11.4. The number of pyridine rings is 1. The highest BCUT2D eigenvalue weighted by atomic mass is 127. The molecule has 0 radical (unpaired) electrons. The first kappa shape index (κ1) is 15.6. The molecule has 0 aliphatic heterocycles. The number of hydrogen-bond donors (Lipinski definition) is 0. The van der Waals surface area contributed by atoms with Crippen molar-refractivity contribution in [3.63, 3.8) is 0 Å². The van der Waals surface area contributed by atoms with Gasteiger partial charge in [-0.15, -0.1) is 0 Å². The van der Waals surface area contributed by atoms with Crippen molar-refractivity contribution >= 4 is 28.6 Å². The quantitative estimate of drug-likeness (QED) is 0.473. The van der Waals surface area contributed by atoms with Crippen LogP contribution in [0.3, 0.4) is 0 Å². The summed E-state index contributed by atoms with van der Waals surface area (Å²) >= 11 is 2.09. The number of rotatable bonds is 4. The van der Waals surface area contributed by atoms with Crippen LogP contribution in [0.1, 0.15) is 29.3 Å². The second kappa shape index (κ2) is 6.86. The SMILES string of the molecule is CC(OC(=O)c1ccccc1I)c1nc(-c2cccnc2)no1. The first-order chi connectivity index (χ1) is 11.1. The highest BCUT2D eigenvalue weighted by Crippen LogP contribution is 2.22. The third kappa shape index (κ3) is 3.55. The van der Waals surface area contributed by atoms with E-state index in [-0.39, 0.29) is 5.89 Å². The van der Waals surface area contributed by atoms with E-state index in [2.05, 4.69) is 37.7 Å². The zero-order valence-electron chi connectivity index (χ0n) is 12.1. The highest BCUT2D eigenvalue weighted by Gasteiger charge is 2.21. The van der Waals surface area contributed by atoms with Gasteiger partial charge in [-0.3, -0.25) is 4.98 Å². The van der Waals surface area contributed by atoms with Gasteiger partial charge in [0.1, 0.15) is 0 Å².